The molecule has 0 bridgehead atoms. The summed E-state index contributed by atoms with van der Waals surface area (Å²) in [5.74, 6) is -0.228. The summed E-state index contributed by atoms with van der Waals surface area (Å²) < 4.78 is 13.8. The molecule has 4 nitrogen and oxygen atoms in total. The number of non-ortho nitro benzene ring substituents is 1. The first kappa shape index (κ1) is 15.7. The zero-order valence-corrected chi connectivity index (χ0v) is 13.6. The number of rotatable bonds is 5. The zero-order valence-electron chi connectivity index (χ0n) is 11.4. The van der Waals surface area contributed by atoms with Gasteiger partial charge >= 0.3 is 0 Å². The van der Waals surface area contributed by atoms with Crippen LogP contribution in [0.25, 0.3) is 0 Å². The Balaban J connectivity index is 1.99. The van der Waals surface area contributed by atoms with Crippen LogP contribution in [0.4, 0.5) is 15.8 Å². The Bertz CT molecular complexity index is 677. The minimum Gasteiger partial charge on any atom is -0.384 e. The van der Waals surface area contributed by atoms with E-state index in [1.807, 2.05) is 6.92 Å². The minimum atomic E-state index is -0.409. The van der Waals surface area contributed by atoms with E-state index in [1.165, 1.54) is 24.3 Å². The maximum atomic E-state index is 13.0. The van der Waals surface area contributed by atoms with Gasteiger partial charge in [-0.2, -0.15) is 0 Å². The number of nitro benzene ring substituents is 1. The normalized spacial score (nSPS) is 10.4. The van der Waals surface area contributed by atoms with Crippen molar-refractivity contribution in [1.29, 1.82) is 0 Å². The molecular formula is C15H14FIN2O2. The van der Waals surface area contributed by atoms with E-state index in [0.29, 0.717) is 6.54 Å². The van der Waals surface area contributed by atoms with E-state index in [2.05, 4.69) is 27.9 Å². The Labute approximate surface area is 135 Å². The van der Waals surface area contributed by atoms with Gasteiger partial charge in [-0.15, -0.1) is 0 Å². The first-order valence-electron chi connectivity index (χ1n) is 6.40. The van der Waals surface area contributed by atoms with Crippen LogP contribution in [0.3, 0.4) is 0 Å². The monoisotopic (exact) mass is 400 g/mol. The first-order chi connectivity index (χ1) is 9.97. The molecule has 0 aliphatic rings. The number of halogens is 2. The van der Waals surface area contributed by atoms with E-state index in [1.54, 1.807) is 12.1 Å². The second kappa shape index (κ2) is 6.84. The topological polar surface area (TPSA) is 55.2 Å². The second-order valence-corrected chi connectivity index (χ2v) is 5.83. The molecule has 0 atom stereocenters. The highest BCUT2D eigenvalue weighted by Gasteiger charge is 2.08. The predicted octanol–water partition coefficient (Wildman–Crippen LogP) is 4.30. The van der Waals surface area contributed by atoms with Crippen LogP contribution in [0.1, 0.15) is 11.1 Å². The lowest BCUT2D eigenvalue weighted by atomic mass is 10.1. The molecule has 0 saturated carbocycles. The van der Waals surface area contributed by atoms with E-state index in [9.17, 15) is 14.5 Å². The summed E-state index contributed by atoms with van der Waals surface area (Å²) in [4.78, 5) is 10.3. The third-order valence-corrected chi connectivity index (χ3v) is 4.07. The van der Waals surface area contributed by atoms with E-state index in [0.717, 1.165) is 26.8 Å². The van der Waals surface area contributed by atoms with Crippen molar-refractivity contribution >= 4 is 34.0 Å². The summed E-state index contributed by atoms with van der Waals surface area (Å²) in [7, 11) is 0. The Kier molecular flexibility index (Phi) is 5.11. The summed E-state index contributed by atoms with van der Waals surface area (Å²) in [5.41, 5.74) is 2.95. The van der Waals surface area contributed by atoms with Crippen molar-refractivity contribution in [2.75, 3.05) is 11.9 Å². The molecule has 0 aliphatic carbocycles. The first-order valence-corrected chi connectivity index (χ1v) is 7.48. The Hall–Kier alpha value is -1.70. The Morgan fingerprint density at radius 3 is 2.67 bits per heavy atom. The van der Waals surface area contributed by atoms with Crippen molar-refractivity contribution < 1.29 is 9.31 Å². The van der Waals surface area contributed by atoms with Gasteiger partial charge in [0.1, 0.15) is 5.82 Å². The fraction of sp³-hybridized carbons (Fsp3) is 0.200. The van der Waals surface area contributed by atoms with Crippen molar-refractivity contribution in [3.05, 3.63) is 67.0 Å². The van der Waals surface area contributed by atoms with Crippen LogP contribution in [0, 0.1) is 26.4 Å². The molecule has 0 aliphatic heterocycles. The van der Waals surface area contributed by atoms with Gasteiger partial charge in [-0.05, 0) is 65.3 Å². The van der Waals surface area contributed by atoms with Crippen LogP contribution in [0.2, 0.25) is 0 Å². The number of benzene rings is 2. The van der Waals surface area contributed by atoms with Gasteiger partial charge in [0.2, 0.25) is 0 Å². The molecule has 1 N–H and O–H groups in total. The van der Waals surface area contributed by atoms with Gasteiger partial charge in [0, 0.05) is 27.9 Å². The van der Waals surface area contributed by atoms with Crippen LogP contribution >= 0.6 is 22.6 Å². The van der Waals surface area contributed by atoms with Crippen molar-refractivity contribution in [2.45, 2.75) is 13.3 Å². The summed E-state index contributed by atoms with van der Waals surface area (Å²) in [6, 6.07) is 9.48. The lowest BCUT2D eigenvalue weighted by Gasteiger charge is -2.10. The van der Waals surface area contributed by atoms with Crippen molar-refractivity contribution in [2.24, 2.45) is 0 Å². The van der Waals surface area contributed by atoms with Crippen LogP contribution < -0.4 is 5.32 Å². The molecule has 0 fully saturated rings. The van der Waals surface area contributed by atoms with E-state index >= 15 is 0 Å². The van der Waals surface area contributed by atoms with E-state index in [-0.39, 0.29) is 11.5 Å². The molecule has 21 heavy (non-hydrogen) atoms. The standard InChI is InChI=1S/C15H14FIN2O2/c1-10-8-12(16)3-2-11(10)6-7-18-15-5-4-13(19(20)21)9-14(15)17/h2-5,8-9,18H,6-7H2,1H3. The second-order valence-electron chi connectivity index (χ2n) is 4.67. The number of nitrogens with one attached hydrogen (secondary N) is 1. The number of anilines is 1. The van der Waals surface area contributed by atoms with Crippen LogP contribution in [-0.4, -0.2) is 11.5 Å². The largest absolute Gasteiger partial charge is 0.384 e. The molecular weight excluding hydrogens is 386 g/mol. The number of nitro groups is 1. The molecule has 0 amide bonds. The van der Waals surface area contributed by atoms with Gasteiger partial charge in [-0.1, -0.05) is 6.07 Å². The van der Waals surface area contributed by atoms with Gasteiger partial charge in [0.25, 0.3) is 5.69 Å². The zero-order chi connectivity index (χ0) is 15.4. The fourth-order valence-corrected chi connectivity index (χ4v) is 2.72. The molecule has 0 spiro atoms. The summed E-state index contributed by atoms with van der Waals surface area (Å²) >= 11 is 2.07. The molecule has 0 radical (unpaired) electrons. The number of hydrogen-bond donors (Lipinski definition) is 1. The average Bonchev–Trinajstić information content (AvgIpc) is 2.42. The van der Waals surface area contributed by atoms with Gasteiger partial charge < -0.3 is 5.32 Å². The Morgan fingerprint density at radius 2 is 2.05 bits per heavy atom. The minimum absolute atomic E-state index is 0.0827. The number of aryl methyl sites for hydroxylation is 1. The highest BCUT2D eigenvalue weighted by Crippen LogP contribution is 2.23. The quantitative estimate of drug-likeness (QED) is 0.463. The molecule has 0 aromatic heterocycles. The summed E-state index contributed by atoms with van der Waals surface area (Å²) in [6.07, 6.45) is 0.763. The van der Waals surface area contributed by atoms with Crippen LogP contribution in [0.5, 0.6) is 0 Å². The maximum Gasteiger partial charge on any atom is 0.270 e. The molecule has 110 valence electrons. The predicted molar refractivity (Wildman–Crippen MR) is 89.1 cm³/mol. The van der Waals surface area contributed by atoms with E-state index < -0.39 is 4.92 Å². The average molecular weight is 400 g/mol. The molecule has 0 saturated heterocycles. The van der Waals surface area contributed by atoms with Gasteiger partial charge in [-0.25, -0.2) is 4.39 Å². The summed E-state index contributed by atoms with van der Waals surface area (Å²) in [5, 5.41) is 13.9. The third-order valence-electron chi connectivity index (χ3n) is 3.18. The molecule has 0 heterocycles. The number of nitrogens with zero attached hydrogens (tertiary/aromatic N) is 1. The van der Waals surface area contributed by atoms with Gasteiger partial charge in [-0.3, -0.25) is 10.1 Å². The van der Waals surface area contributed by atoms with Crippen LogP contribution in [0.15, 0.2) is 36.4 Å². The molecule has 2 aromatic carbocycles. The molecule has 0 unspecified atom stereocenters. The van der Waals surface area contributed by atoms with Crippen molar-refractivity contribution in [1.82, 2.24) is 0 Å². The lowest BCUT2D eigenvalue weighted by molar-refractivity contribution is -0.384. The highest BCUT2D eigenvalue weighted by atomic mass is 127. The smallest absolute Gasteiger partial charge is 0.270 e. The lowest BCUT2D eigenvalue weighted by Crippen LogP contribution is -2.07. The van der Waals surface area contributed by atoms with Crippen molar-refractivity contribution in [3.63, 3.8) is 0 Å². The maximum absolute atomic E-state index is 13.0. The summed E-state index contributed by atoms with van der Waals surface area (Å²) in [6.45, 7) is 2.56. The molecule has 6 heteroatoms. The Morgan fingerprint density at radius 1 is 1.29 bits per heavy atom. The van der Waals surface area contributed by atoms with Crippen molar-refractivity contribution in [3.8, 4) is 0 Å². The fourth-order valence-electron chi connectivity index (χ4n) is 2.03. The third kappa shape index (κ3) is 4.13. The van der Waals surface area contributed by atoms with Gasteiger partial charge in [0.15, 0.2) is 0 Å². The SMILES string of the molecule is Cc1cc(F)ccc1CCNc1ccc([N+](=O)[O-])cc1I. The van der Waals surface area contributed by atoms with Crippen LogP contribution in [-0.2, 0) is 6.42 Å². The highest BCUT2D eigenvalue weighted by molar-refractivity contribution is 14.1. The molecule has 2 aromatic rings. The number of hydrogen-bond acceptors (Lipinski definition) is 3. The van der Waals surface area contributed by atoms with Gasteiger partial charge in [0.05, 0.1) is 4.92 Å². The van der Waals surface area contributed by atoms with E-state index in [4.69, 9.17) is 0 Å². The molecule has 2 rings (SSSR count).